The van der Waals surface area contributed by atoms with Crippen LogP contribution >= 0.6 is 24.2 Å². The number of hydrogen-bond donors (Lipinski definition) is 1. The fourth-order valence-electron chi connectivity index (χ4n) is 0.651. The summed E-state index contributed by atoms with van der Waals surface area (Å²) in [5, 5.41) is 1.25. The molecule has 0 aliphatic carbocycles. The fourth-order valence-corrected chi connectivity index (χ4v) is 1.58. The molecule has 0 saturated carbocycles. The molecule has 2 nitrogen and oxygen atoms in total. The van der Waals surface area contributed by atoms with Crippen molar-refractivity contribution in [3.05, 3.63) is 10.8 Å². The van der Waals surface area contributed by atoms with Gasteiger partial charge in [0.25, 0.3) is 0 Å². The zero-order chi connectivity index (χ0) is 8.43. The van der Waals surface area contributed by atoms with E-state index in [2.05, 4.69) is 35.8 Å². The monoisotopic (exact) mass is 188 g/mol. The van der Waals surface area contributed by atoms with Gasteiger partial charge in [0.2, 0.25) is 0 Å². The second-order valence-corrected chi connectivity index (χ2v) is 4.38. The summed E-state index contributed by atoms with van der Waals surface area (Å²) < 4.78 is 4.19. The van der Waals surface area contributed by atoms with Gasteiger partial charge in [-0.05, 0) is 18.5 Å². The maximum Gasteiger partial charge on any atom is 0.154 e. The Hall–Kier alpha value is -0.0900. The quantitative estimate of drug-likeness (QED) is 0.722. The molecule has 4 heteroatoms. The zero-order valence-electron chi connectivity index (χ0n) is 6.90. The molecule has 0 aliphatic heterocycles. The maximum atomic E-state index is 4.34. The van der Waals surface area contributed by atoms with Crippen LogP contribution in [0.1, 0.15) is 42.8 Å². The maximum absolute atomic E-state index is 4.34. The first-order chi connectivity index (χ1) is 5.11. The molecule has 0 radical (unpaired) electrons. The summed E-state index contributed by atoms with van der Waals surface area (Å²) in [5.41, 5.74) is 0. The van der Waals surface area contributed by atoms with Crippen LogP contribution in [0.3, 0.4) is 0 Å². The highest BCUT2D eigenvalue weighted by atomic mass is 32.1. The van der Waals surface area contributed by atoms with E-state index in [9.17, 15) is 0 Å². The average molecular weight is 188 g/mol. The lowest BCUT2D eigenvalue weighted by Gasteiger charge is -1.96. The van der Waals surface area contributed by atoms with Crippen LogP contribution in [0, 0.1) is 0 Å². The largest absolute Gasteiger partial charge is 0.223 e. The highest BCUT2D eigenvalue weighted by molar-refractivity contribution is 7.80. The van der Waals surface area contributed by atoms with Gasteiger partial charge in [0.1, 0.15) is 5.01 Å². The van der Waals surface area contributed by atoms with Crippen molar-refractivity contribution < 1.29 is 0 Å². The highest BCUT2D eigenvalue weighted by Crippen LogP contribution is 2.21. The van der Waals surface area contributed by atoms with Crippen LogP contribution < -0.4 is 0 Å². The van der Waals surface area contributed by atoms with E-state index < -0.39 is 0 Å². The Morgan fingerprint density at radius 2 is 2.00 bits per heavy atom. The normalized spacial score (nSPS) is 13.9. The lowest BCUT2D eigenvalue weighted by atomic mass is 10.2. The van der Waals surface area contributed by atoms with Crippen LogP contribution in [-0.2, 0) is 0 Å². The van der Waals surface area contributed by atoms with Gasteiger partial charge in [-0.15, -0.1) is 0 Å². The molecule has 1 unspecified atom stereocenters. The average Bonchev–Trinajstić information content (AvgIpc) is 2.33. The molecular formula is C7H12N2S2. The fraction of sp³-hybridized carbons (Fsp3) is 0.714. The lowest BCUT2D eigenvalue weighted by molar-refractivity contribution is 0.833. The minimum atomic E-state index is 0.152. The molecule has 1 aromatic heterocycles. The summed E-state index contributed by atoms with van der Waals surface area (Å²) in [6.45, 7) is 6.22. The Bertz CT molecular complexity index is 208. The van der Waals surface area contributed by atoms with E-state index in [0.29, 0.717) is 5.92 Å². The molecule has 0 bridgehead atoms. The SMILES string of the molecule is CC(C)c1nc(C(C)S)ns1. The van der Waals surface area contributed by atoms with E-state index in [4.69, 9.17) is 0 Å². The third-order valence-electron chi connectivity index (χ3n) is 1.33. The van der Waals surface area contributed by atoms with Crippen molar-refractivity contribution in [3.8, 4) is 0 Å². The zero-order valence-corrected chi connectivity index (χ0v) is 8.62. The minimum Gasteiger partial charge on any atom is -0.223 e. The Kier molecular flexibility index (Phi) is 2.90. The van der Waals surface area contributed by atoms with Crippen LogP contribution in [0.25, 0.3) is 0 Å². The van der Waals surface area contributed by atoms with E-state index in [1.54, 1.807) is 0 Å². The topological polar surface area (TPSA) is 25.8 Å². The van der Waals surface area contributed by atoms with Crippen molar-refractivity contribution in [2.45, 2.75) is 31.9 Å². The van der Waals surface area contributed by atoms with Gasteiger partial charge in [-0.3, -0.25) is 0 Å². The molecule has 1 aromatic rings. The van der Waals surface area contributed by atoms with Crippen molar-refractivity contribution in [1.29, 1.82) is 0 Å². The van der Waals surface area contributed by atoms with Crippen molar-refractivity contribution in [2.75, 3.05) is 0 Å². The molecule has 11 heavy (non-hydrogen) atoms. The summed E-state index contributed by atoms with van der Waals surface area (Å²) in [7, 11) is 0. The van der Waals surface area contributed by atoms with Crippen molar-refractivity contribution in [2.24, 2.45) is 0 Å². The molecule has 0 N–H and O–H groups in total. The summed E-state index contributed by atoms with van der Waals surface area (Å²) >= 11 is 5.73. The molecule has 1 rings (SSSR count). The second kappa shape index (κ2) is 3.54. The number of thiol groups is 1. The first-order valence-electron chi connectivity index (χ1n) is 3.63. The van der Waals surface area contributed by atoms with Crippen LogP contribution in [0.15, 0.2) is 0 Å². The summed E-state index contributed by atoms with van der Waals surface area (Å²) in [4.78, 5) is 4.34. The van der Waals surface area contributed by atoms with E-state index in [1.807, 2.05) is 6.92 Å². The number of aromatic nitrogens is 2. The molecule has 0 fully saturated rings. The molecule has 0 aromatic carbocycles. The predicted octanol–water partition coefficient (Wildman–Crippen LogP) is 2.65. The standard InChI is InChI=1S/C7H12N2S2/c1-4(2)7-8-6(5(3)10)9-11-7/h4-5,10H,1-3H3. The van der Waals surface area contributed by atoms with Gasteiger partial charge in [-0.2, -0.15) is 17.0 Å². The number of nitrogens with zero attached hydrogens (tertiary/aromatic N) is 2. The molecule has 0 saturated heterocycles. The van der Waals surface area contributed by atoms with Gasteiger partial charge in [0.05, 0.1) is 5.25 Å². The predicted molar refractivity (Wildman–Crippen MR) is 51.4 cm³/mol. The van der Waals surface area contributed by atoms with Gasteiger partial charge in [0.15, 0.2) is 5.82 Å². The molecule has 0 spiro atoms. The van der Waals surface area contributed by atoms with E-state index in [1.165, 1.54) is 11.5 Å². The molecule has 62 valence electrons. The Morgan fingerprint density at radius 1 is 1.36 bits per heavy atom. The van der Waals surface area contributed by atoms with E-state index in [-0.39, 0.29) is 5.25 Å². The molecule has 1 atom stereocenters. The van der Waals surface area contributed by atoms with Gasteiger partial charge >= 0.3 is 0 Å². The second-order valence-electron chi connectivity index (χ2n) is 2.82. The Morgan fingerprint density at radius 3 is 2.27 bits per heavy atom. The Labute approximate surface area is 76.6 Å². The third-order valence-corrected chi connectivity index (χ3v) is 2.58. The third kappa shape index (κ3) is 2.17. The molecule has 0 aliphatic rings. The van der Waals surface area contributed by atoms with E-state index >= 15 is 0 Å². The van der Waals surface area contributed by atoms with Gasteiger partial charge in [0, 0.05) is 5.92 Å². The van der Waals surface area contributed by atoms with Crippen LogP contribution in [0.5, 0.6) is 0 Å². The molecular weight excluding hydrogens is 176 g/mol. The van der Waals surface area contributed by atoms with Gasteiger partial charge in [-0.1, -0.05) is 13.8 Å². The van der Waals surface area contributed by atoms with E-state index in [0.717, 1.165) is 10.8 Å². The van der Waals surface area contributed by atoms with Crippen LogP contribution in [0.2, 0.25) is 0 Å². The first-order valence-corrected chi connectivity index (χ1v) is 4.91. The summed E-state index contributed by atoms with van der Waals surface area (Å²) in [6.07, 6.45) is 0. The smallest absolute Gasteiger partial charge is 0.154 e. The highest BCUT2D eigenvalue weighted by Gasteiger charge is 2.09. The van der Waals surface area contributed by atoms with Gasteiger partial charge < -0.3 is 0 Å². The lowest BCUT2D eigenvalue weighted by Crippen LogP contribution is -1.89. The molecule has 1 heterocycles. The van der Waals surface area contributed by atoms with Crippen LogP contribution in [0.4, 0.5) is 0 Å². The Balaban J connectivity index is 2.82. The van der Waals surface area contributed by atoms with Crippen LogP contribution in [-0.4, -0.2) is 9.36 Å². The number of rotatable bonds is 2. The summed E-state index contributed by atoms with van der Waals surface area (Å²) in [5.74, 6) is 1.33. The number of hydrogen-bond acceptors (Lipinski definition) is 4. The van der Waals surface area contributed by atoms with Crippen molar-refractivity contribution in [1.82, 2.24) is 9.36 Å². The van der Waals surface area contributed by atoms with Crippen molar-refractivity contribution >= 4 is 24.2 Å². The van der Waals surface area contributed by atoms with Gasteiger partial charge in [-0.25, -0.2) is 4.98 Å². The minimum absolute atomic E-state index is 0.152. The molecule has 0 amide bonds. The van der Waals surface area contributed by atoms with Crippen molar-refractivity contribution in [3.63, 3.8) is 0 Å². The first kappa shape index (κ1) is 9.00. The summed E-state index contributed by atoms with van der Waals surface area (Å²) in [6, 6.07) is 0.